The monoisotopic (exact) mass is 369 g/mol. The molecular formula is C21H31N5O. The molecule has 0 amide bonds. The van der Waals surface area contributed by atoms with Gasteiger partial charge in [-0.3, -0.25) is 14.4 Å². The number of piperidine rings is 1. The minimum absolute atomic E-state index is 0.0120. The molecule has 146 valence electrons. The fraction of sp³-hybridized carbons (Fsp3) is 0.667. The lowest BCUT2D eigenvalue weighted by Gasteiger charge is -2.31. The third kappa shape index (κ3) is 4.15. The molecule has 0 aliphatic carbocycles. The minimum Gasteiger partial charge on any atom is -0.297 e. The van der Waals surface area contributed by atoms with Gasteiger partial charge < -0.3 is 0 Å². The molecule has 0 saturated carbocycles. The molecule has 0 bridgehead atoms. The second kappa shape index (κ2) is 7.23. The van der Waals surface area contributed by atoms with Crippen LogP contribution in [0.1, 0.15) is 57.1 Å². The van der Waals surface area contributed by atoms with Gasteiger partial charge in [0.2, 0.25) is 0 Å². The lowest BCUT2D eigenvalue weighted by Crippen LogP contribution is -2.37. The molecule has 6 heteroatoms. The molecule has 0 spiro atoms. The molecule has 0 atom stereocenters. The SMILES string of the molecule is CC(C)(C)c1ccc(=O)n(CC2CCN(Cc3cc4n(n3)CCC4)CC2)n1. The van der Waals surface area contributed by atoms with E-state index in [4.69, 9.17) is 5.10 Å². The van der Waals surface area contributed by atoms with E-state index in [1.165, 1.54) is 24.2 Å². The average molecular weight is 370 g/mol. The van der Waals surface area contributed by atoms with Crippen molar-refractivity contribution >= 4 is 0 Å². The van der Waals surface area contributed by atoms with E-state index in [0.29, 0.717) is 5.92 Å². The third-order valence-corrected chi connectivity index (χ3v) is 5.88. The van der Waals surface area contributed by atoms with E-state index in [1.54, 1.807) is 10.7 Å². The van der Waals surface area contributed by atoms with Crippen LogP contribution in [0.25, 0.3) is 0 Å². The van der Waals surface area contributed by atoms with Crippen LogP contribution in [0.15, 0.2) is 23.0 Å². The van der Waals surface area contributed by atoms with Gasteiger partial charge in [0.1, 0.15) is 0 Å². The summed E-state index contributed by atoms with van der Waals surface area (Å²) in [5.74, 6) is 0.522. The first-order chi connectivity index (χ1) is 12.9. The smallest absolute Gasteiger partial charge is 0.266 e. The molecule has 2 aromatic rings. The van der Waals surface area contributed by atoms with Gasteiger partial charge >= 0.3 is 0 Å². The fourth-order valence-electron chi connectivity index (χ4n) is 4.18. The summed E-state index contributed by atoms with van der Waals surface area (Å²) in [7, 11) is 0. The van der Waals surface area contributed by atoms with Crippen LogP contribution in [0.3, 0.4) is 0 Å². The Bertz CT molecular complexity index is 831. The topological polar surface area (TPSA) is 56.0 Å². The zero-order valence-electron chi connectivity index (χ0n) is 16.8. The maximum atomic E-state index is 12.2. The van der Waals surface area contributed by atoms with Crippen LogP contribution in [0.5, 0.6) is 0 Å². The molecular weight excluding hydrogens is 338 g/mol. The predicted octanol–water partition coefficient (Wildman–Crippen LogP) is 2.60. The molecule has 4 heterocycles. The van der Waals surface area contributed by atoms with Gasteiger partial charge in [0, 0.05) is 36.8 Å². The van der Waals surface area contributed by atoms with E-state index >= 15 is 0 Å². The van der Waals surface area contributed by atoms with Crippen LogP contribution in [0.2, 0.25) is 0 Å². The van der Waals surface area contributed by atoms with E-state index in [2.05, 4.69) is 41.5 Å². The van der Waals surface area contributed by atoms with E-state index < -0.39 is 0 Å². The molecule has 27 heavy (non-hydrogen) atoms. The highest BCUT2D eigenvalue weighted by Crippen LogP contribution is 2.22. The van der Waals surface area contributed by atoms with E-state index in [1.807, 2.05) is 6.07 Å². The maximum absolute atomic E-state index is 12.2. The van der Waals surface area contributed by atoms with Crippen molar-refractivity contribution in [2.24, 2.45) is 5.92 Å². The van der Waals surface area contributed by atoms with Crippen LogP contribution >= 0.6 is 0 Å². The van der Waals surface area contributed by atoms with Crippen molar-refractivity contribution in [2.75, 3.05) is 13.1 Å². The van der Waals surface area contributed by atoms with Gasteiger partial charge in [0.15, 0.2) is 0 Å². The number of fused-ring (bicyclic) bond motifs is 1. The Labute approximate surface area is 161 Å². The number of aromatic nitrogens is 4. The Morgan fingerprint density at radius 3 is 2.59 bits per heavy atom. The first-order valence-corrected chi connectivity index (χ1v) is 10.2. The fourth-order valence-corrected chi connectivity index (χ4v) is 4.18. The first kappa shape index (κ1) is 18.4. The van der Waals surface area contributed by atoms with E-state index in [0.717, 1.165) is 51.3 Å². The summed E-state index contributed by atoms with van der Waals surface area (Å²) in [5.41, 5.74) is 3.55. The largest absolute Gasteiger partial charge is 0.297 e. The Morgan fingerprint density at radius 1 is 1.11 bits per heavy atom. The van der Waals surface area contributed by atoms with Gasteiger partial charge in [-0.25, -0.2) is 4.68 Å². The Hall–Kier alpha value is -1.95. The summed E-state index contributed by atoms with van der Waals surface area (Å²) in [6.45, 7) is 11.3. The molecule has 0 unspecified atom stereocenters. The van der Waals surface area contributed by atoms with Crippen molar-refractivity contribution in [3.8, 4) is 0 Å². The van der Waals surface area contributed by atoms with E-state index in [9.17, 15) is 4.79 Å². The van der Waals surface area contributed by atoms with Crippen molar-refractivity contribution < 1.29 is 0 Å². The molecule has 4 rings (SSSR count). The van der Waals surface area contributed by atoms with Gasteiger partial charge in [0.25, 0.3) is 5.56 Å². The molecule has 0 radical (unpaired) electrons. The molecule has 6 nitrogen and oxygen atoms in total. The summed E-state index contributed by atoms with van der Waals surface area (Å²) in [6, 6.07) is 5.81. The van der Waals surface area contributed by atoms with Crippen molar-refractivity contribution in [1.29, 1.82) is 0 Å². The third-order valence-electron chi connectivity index (χ3n) is 5.88. The minimum atomic E-state index is -0.0380. The Morgan fingerprint density at radius 2 is 1.89 bits per heavy atom. The van der Waals surface area contributed by atoms with Crippen LogP contribution in [0.4, 0.5) is 0 Å². The van der Waals surface area contributed by atoms with Gasteiger partial charge in [0.05, 0.1) is 11.4 Å². The lowest BCUT2D eigenvalue weighted by molar-refractivity contribution is 0.161. The van der Waals surface area contributed by atoms with Crippen LogP contribution in [-0.2, 0) is 31.5 Å². The normalized spacial score (nSPS) is 18.8. The number of rotatable bonds is 4. The summed E-state index contributed by atoms with van der Waals surface area (Å²) >= 11 is 0. The highest BCUT2D eigenvalue weighted by atomic mass is 16.1. The van der Waals surface area contributed by atoms with Crippen molar-refractivity contribution in [3.05, 3.63) is 45.6 Å². The second-order valence-corrected chi connectivity index (χ2v) is 9.16. The van der Waals surface area contributed by atoms with Crippen LogP contribution < -0.4 is 5.56 Å². The zero-order valence-corrected chi connectivity index (χ0v) is 16.8. The molecule has 2 aromatic heterocycles. The number of aryl methyl sites for hydroxylation is 2. The molecule has 1 fully saturated rings. The molecule has 2 aliphatic rings. The molecule has 0 aromatic carbocycles. The van der Waals surface area contributed by atoms with Gasteiger partial charge in [-0.15, -0.1) is 0 Å². The second-order valence-electron chi connectivity index (χ2n) is 9.16. The number of likely N-dealkylation sites (tertiary alicyclic amines) is 1. The first-order valence-electron chi connectivity index (χ1n) is 10.2. The predicted molar refractivity (Wildman–Crippen MR) is 106 cm³/mol. The quantitative estimate of drug-likeness (QED) is 0.831. The van der Waals surface area contributed by atoms with Crippen molar-refractivity contribution in [1.82, 2.24) is 24.5 Å². The standard InChI is InChI=1S/C21H31N5O/c1-21(2,3)19-6-7-20(27)26(23-19)14-16-8-11-24(12-9-16)15-17-13-18-5-4-10-25(18)22-17/h6-7,13,16H,4-5,8-12,14-15H2,1-3H3. The van der Waals surface area contributed by atoms with E-state index in [-0.39, 0.29) is 11.0 Å². The number of nitrogens with zero attached hydrogens (tertiary/aromatic N) is 5. The van der Waals surface area contributed by atoms with Gasteiger partial charge in [-0.05, 0) is 56.8 Å². The lowest BCUT2D eigenvalue weighted by atomic mass is 9.92. The van der Waals surface area contributed by atoms with Gasteiger partial charge in [-0.1, -0.05) is 20.8 Å². The average Bonchev–Trinajstić information content (AvgIpc) is 3.19. The number of hydrogen-bond donors (Lipinski definition) is 0. The number of hydrogen-bond acceptors (Lipinski definition) is 4. The van der Waals surface area contributed by atoms with Crippen LogP contribution in [-0.4, -0.2) is 37.6 Å². The highest BCUT2D eigenvalue weighted by Gasteiger charge is 2.23. The molecule has 0 N–H and O–H groups in total. The summed E-state index contributed by atoms with van der Waals surface area (Å²) in [5, 5.41) is 9.37. The summed E-state index contributed by atoms with van der Waals surface area (Å²) in [4.78, 5) is 14.7. The maximum Gasteiger partial charge on any atom is 0.266 e. The Kier molecular flexibility index (Phi) is 4.93. The summed E-state index contributed by atoms with van der Waals surface area (Å²) in [6.07, 6.45) is 4.63. The van der Waals surface area contributed by atoms with Crippen molar-refractivity contribution in [2.45, 2.75) is 71.5 Å². The molecule has 2 aliphatic heterocycles. The zero-order chi connectivity index (χ0) is 19.0. The highest BCUT2D eigenvalue weighted by molar-refractivity contribution is 5.13. The summed E-state index contributed by atoms with van der Waals surface area (Å²) < 4.78 is 3.85. The Balaban J connectivity index is 1.33. The van der Waals surface area contributed by atoms with Crippen molar-refractivity contribution in [3.63, 3.8) is 0 Å². The van der Waals surface area contributed by atoms with Gasteiger partial charge in [-0.2, -0.15) is 10.2 Å². The molecule has 1 saturated heterocycles. The van der Waals surface area contributed by atoms with Crippen LogP contribution in [0, 0.1) is 5.92 Å².